The number of nitro groups is 1. The van der Waals surface area contributed by atoms with Gasteiger partial charge in [0.2, 0.25) is 10.0 Å². The Labute approximate surface area is 128 Å². The quantitative estimate of drug-likeness (QED) is 0.626. The molecule has 116 valence electrons. The van der Waals surface area contributed by atoms with Crippen molar-refractivity contribution in [2.45, 2.75) is 43.5 Å². The van der Waals surface area contributed by atoms with Crippen molar-refractivity contribution in [3.8, 4) is 0 Å². The van der Waals surface area contributed by atoms with E-state index >= 15 is 0 Å². The lowest BCUT2D eigenvalue weighted by Crippen LogP contribution is -2.43. The van der Waals surface area contributed by atoms with Crippen LogP contribution in [-0.4, -0.2) is 30.2 Å². The Morgan fingerprint density at radius 3 is 2.76 bits per heavy atom. The molecule has 0 N–H and O–H groups in total. The number of sulfonamides is 1. The van der Waals surface area contributed by atoms with Gasteiger partial charge in [0.05, 0.1) is 9.82 Å². The molecule has 0 bridgehead atoms. The second kappa shape index (κ2) is 6.29. The number of rotatable bonds is 4. The lowest BCUT2D eigenvalue weighted by Gasteiger charge is -2.34. The Morgan fingerprint density at radius 2 is 2.14 bits per heavy atom. The van der Waals surface area contributed by atoms with Gasteiger partial charge in [0.1, 0.15) is 5.02 Å². The zero-order valence-electron chi connectivity index (χ0n) is 11.7. The monoisotopic (exact) mass is 332 g/mol. The predicted octanol–water partition coefficient (Wildman–Crippen LogP) is 3.20. The highest BCUT2D eigenvalue weighted by molar-refractivity contribution is 7.89. The second-order valence-electron chi connectivity index (χ2n) is 5.04. The molecule has 1 heterocycles. The van der Waals surface area contributed by atoms with Crippen LogP contribution in [0.4, 0.5) is 5.69 Å². The van der Waals surface area contributed by atoms with Crippen molar-refractivity contribution in [3.05, 3.63) is 33.3 Å². The topological polar surface area (TPSA) is 80.5 Å². The van der Waals surface area contributed by atoms with Gasteiger partial charge in [0, 0.05) is 18.7 Å². The number of benzene rings is 1. The van der Waals surface area contributed by atoms with Crippen molar-refractivity contribution in [2.75, 3.05) is 6.54 Å². The van der Waals surface area contributed by atoms with E-state index in [2.05, 4.69) is 0 Å². The van der Waals surface area contributed by atoms with Gasteiger partial charge < -0.3 is 0 Å². The van der Waals surface area contributed by atoms with Crippen LogP contribution in [0.2, 0.25) is 5.02 Å². The van der Waals surface area contributed by atoms with Crippen molar-refractivity contribution in [2.24, 2.45) is 0 Å². The summed E-state index contributed by atoms with van der Waals surface area (Å²) < 4.78 is 26.9. The van der Waals surface area contributed by atoms with Gasteiger partial charge in [-0.25, -0.2) is 8.42 Å². The number of hydrogen-bond donors (Lipinski definition) is 0. The number of nitro benzene ring substituents is 1. The van der Waals surface area contributed by atoms with Gasteiger partial charge in [-0.15, -0.1) is 0 Å². The molecular weight excluding hydrogens is 316 g/mol. The van der Waals surface area contributed by atoms with Crippen LogP contribution in [0.25, 0.3) is 0 Å². The molecule has 1 aliphatic rings. The zero-order valence-corrected chi connectivity index (χ0v) is 13.2. The Bertz CT molecular complexity index is 648. The highest BCUT2D eigenvalue weighted by Gasteiger charge is 2.33. The first-order chi connectivity index (χ1) is 9.87. The summed E-state index contributed by atoms with van der Waals surface area (Å²) in [5.74, 6) is 0. The molecule has 1 atom stereocenters. The molecule has 6 nitrogen and oxygen atoms in total. The molecule has 1 fully saturated rings. The average molecular weight is 333 g/mol. The highest BCUT2D eigenvalue weighted by atomic mass is 35.5. The number of hydrogen-bond acceptors (Lipinski definition) is 4. The molecule has 0 radical (unpaired) electrons. The Hall–Kier alpha value is -1.18. The zero-order chi connectivity index (χ0) is 15.6. The summed E-state index contributed by atoms with van der Waals surface area (Å²) in [4.78, 5) is 10.2. The summed E-state index contributed by atoms with van der Waals surface area (Å²) in [7, 11) is -3.73. The van der Waals surface area contributed by atoms with Crippen LogP contribution in [-0.2, 0) is 10.0 Å². The van der Waals surface area contributed by atoms with Gasteiger partial charge in [0.15, 0.2) is 0 Å². The normalized spacial score (nSPS) is 20.4. The lowest BCUT2D eigenvalue weighted by atomic mass is 10.0. The molecule has 0 aromatic heterocycles. The van der Waals surface area contributed by atoms with Crippen molar-refractivity contribution in [1.82, 2.24) is 4.31 Å². The Morgan fingerprint density at radius 1 is 1.43 bits per heavy atom. The van der Waals surface area contributed by atoms with Gasteiger partial charge in [-0.1, -0.05) is 24.9 Å². The minimum Gasteiger partial charge on any atom is -0.258 e. The first-order valence-corrected chi connectivity index (χ1v) is 8.65. The largest absolute Gasteiger partial charge is 0.289 e. The average Bonchev–Trinajstić information content (AvgIpc) is 2.47. The van der Waals surface area contributed by atoms with Crippen LogP contribution in [0.5, 0.6) is 0 Å². The van der Waals surface area contributed by atoms with Crippen molar-refractivity contribution >= 4 is 27.3 Å². The first kappa shape index (κ1) is 16.2. The highest BCUT2D eigenvalue weighted by Crippen LogP contribution is 2.31. The van der Waals surface area contributed by atoms with E-state index in [1.54, 1.807) is 0 Å². The van der Waals surface area contributed by atoms with E-state index in [9.17, 15) is 18.5 Å². The predicted molar refractivity (Wildman–Crippen MR) is 79.9 cm³/mol. The van der Waals surface area contributed by atoms with Gasteiger partial charge >= 0.3 is 0 Å². The van der Waals surface area contributed by atoms with E-state index in [4.69, 9.17) is 11.6 Å². The van der Waals surface area contributed by atoms with Crippen molar-refractivity contribution in [1.29, 1.82) is 0 Å². The van der Waals surface area contributed by atoms with Crippen LogP contribution < -0.4 is 0 Å². The molecule has 21 heavy (non-hydrogen) atoms. The van der Waals surface area contributed by atoms with Crippen LogP contribution >= 0.6 is 11.6 Å². The number of halogens is 1. The number of piperidine rings is 1. The molecule has 1 aliphatic heterocycles. The Kier molecular flexibility index (Phi) is 4.85. The fraction of sp³-hybridized carbons (Fsp3) is 0.538. The van der Waals surface area contributed by atoms with E-state index in [1.165, 1.54) is 16.4 Å². The third kappa shape index (κ3) is 3.20. The molecule has 0 saturated carbocycles. The lowest BCUT2D eigenvalue weighted by molar-refractivity contribution is -0.384. The maximum Gasteiger partial charge on any atom is 0.289 e. The van der Waals surface area contributed by atoms with E-state index < -0.39 is 14.9 Å². The van der Waals surface area contributed by atoms with E-state index in [0.717, 1.165) is 31.7 Å². The first-order valence-electron chi connectivity index (χ1n) is 6.83. The van der Waals surface area contributed by atoms with Gasteiger partial charge in [-0.2, -0.15) is 4.31 Å². The van der Waals surface area contributed by atoms with E-state index in [0.29, 0.717) is 6.54 Å². The van der Waals surface area contributed by atoms with Gasteiger partial charge in [-0.05, 0) is 31.4 Å². The molecule has 1 aromatic carbocycles. The van der Waals surface area contributed by atoms with Crippen LogP contribution in [0.15, 0.2) is 23.1 Å². The summed E-state index contributed by atoms with van der Waals surface area (Å²) in [6.07, 6.45) is 3.37. The third-order valence-corrected chi connectivity index (χ3v) is 6.03. The van der Waals surface area contributed by atoms with Crippen LogP contribution in [0.3, 0.4) is 0 Å². The summed E-state index contributed by atoms with van der Waals surface area (Å²) in [6.45, 7) is 2.40. The minimum atomic E-state index is -3.73. The standard InChI is InChI=1S/C13H17ClN2O4S/c1-2-10-5-3-4-8-15(10)21(19,20)11-6-7-12(14)13(9-11)16(17)18/h6-7,9-10H,2-5,8H2,1H3/t10-/m1/s1. The second-order valence-corrected chi connectivity index (χ2v) is 7.34. The van der Waals surface area contributed by atoms with Crippen LogP contribution in [0, 0.1) is 10.1 Å². The fourth-order valence-electron chi connectivity index (χ4n) is 2.63. The molecule has 1 saturated heterocycles. The minimum absolute atomic E-state index is 0.0431. The molecule has 2 rings (SSSR count). The summed E-state index contributed by atoms with van der Waals surface area (Å²) in [5.41, 5.74) is -0.386. The van der Waals surface area contributed by atoms with Crippen molar-refractivity contribution < 1.29 is 13.3 Å². The fourth-order valence-corrected chi connectivity index (χ4v) is 4.60. The van der Waals surface area contributed by atoms with Gasteiger partial charge in [0.25, 0.3) is 5.69 Å². The molecule has 0 spiro atoms. The van der Waals surface area contributed by atoms with Gasteiger partial charge in [-0.3, -0.25) is 10.1 Å². The van der Waals surface area contributed by atoms with E-state index in [1.807, 2.05) is 6.92 Å². The summed E-state index contributed by atoms with van der Waals surface area (Å²) in [5, 5.41) is 10.8. The maximum atomic E-state index is 12.7. The summed E-state index contributed by atoms with van der Waals surface area (Å²) >= 11 is 5.73. The molecule has 0 amide bonds. The maximum absolute atomic E-state index is 12.7. The smallest absolute Gasteiger partial charge is 0.258 e. The summed E-state index contributed by atoms with van der Waals surface area (Å²) in [6, 6.07) is 3.58. The molecule has 8 heteroatoms. The van der Waals surface area contributed by atoms with Crippen LogP contribution in [0.1, 0.15) is 32.6 Å². The van der Waals surface area contributed by atoms with E-state index in [-0.39, 0.29) is 21.6 Å². The molecular formula is C13H17ClN2O4S. The molecule has 0 unspecified atom stereocenters. The molecule has 1 aromatic rings. The Balaban J connectivity index is 2.43. The van der Waals surface area contributed by atoms with Crippen molar-refractivity contribution in [3.63, 3.8) is 0 Å². The molecule has 0 aliphatic carbocycles. The SMILES string of the molecule is CC[C@@H]1CCCCN1S(=O)(=O)c1ccc(Cl)c([N+](=O)[O-])c1. The third-order valence-electron chi connectivity index (χ3n) is 3.77. The number of nitrogens with zero attached hydrogens (tertiary/aromatic N) is 2.